The van der Waals surface area contributed by atoms with Crippen LogP contribution in [-0.4, -0.2) is 16.5 Å². The van der Waals surface area contributed by atoms with Gasteiger partial charge in [0, 0.05) is 18.3 Å². The van der Waals surface area contributed by atoms with E-state index in [1.165, 1.54) is 17.8 Å². The van der Waals surface area contributed by atoms with Crippen LogP contribution in [0.15, 0.2) is 60.8 Å². The molecule has 1 aliphatic rings. The molecule has 3 nitrogen and oxygen atoms in total. The first-order valence-electron chi connectivity index (χ1n) is 8.20. The quantitative estimate of drug-likeness (QED) is 0.723. The van der Waals surface area contributed by atoms with E-state index in [2.05, 4.69) is 22.0 Å². The Labute approximate surface area is 140 Å². The zero-order valence-corrected chi connectivity index (χ0v) is 13.3. The van der Waals surface area contributed by atoms with Crippen molar-refractivity contribution in [3.8, 4) is 11.3 Å². The lowest BCUT2D eigenvalue weighted by molar-refractivity contribution is 0.628. The minimum Gasteiger partial charge on any atom is -0.364 e. The molecule has 0 saturated carbocycles. The molecule has 0 aliphatic carbocycles. The van der Waals surface area contributed by atoms with Crippen LogP contribution >= 0.6 is 0 Å². The van der Waals surface area contributed by atoms with Gasteiger partial charge in [-0.25, -0.2) is 4.39 Å². The molecule has 0 amide bonds. The summed E-state index contributed by atoms with van der Waals surface area (Å²) in [4.78, 5) is 11.6. The maximum Gasteiger partial charge on any atom is 0.123 e. The molecule has 1 aromatic carbocycles. The minimum absolute atomic E-state index is 0.224. The molecular formula is C20H18FN3. The normalized spacial score (nSPS) is 13.6. The molecule has 0 N–H and O–H groups in total. The number of hydrogen-bond donors (Lipinski definition) is 0. The van der Waals surface area contributed by atoms with Crippen LogP contribution in [0.5, 0.6) is 0 Å². The van der Waals surface area contributed by atoms with Gasteiger partial charge in [0.05, 0.1) is 29.3 Å². The molecule has 24 heavy (non-hydrogen) atoms. The summed E-state index contributed by atoms with van der Waals surface area (Å²) in [6.07, 6.45) is 3.89. The SMILES string of the molecule is Fc1ccc(-c2ccc3c(n2)CCCN3Cc2ccccn2)cc1. The first-order valence-corrected chi connectivity index (χ1v) is 8.20. The van der Waals surface area contributed by atoms with E-state index in [0.29, 0.717) is 0 Å². The lowest BCUT2D eigenvalue weighted by atomic mass is 10.0. The monoisotopic (exact) mass is 319 g/mol. The number of pyridine rings is 2. The molecule has 0 atom stereocenters. The molecule has 0 bridgehead atoms. The molecule has 3 aromatic rings. The Morgan fingerprint density at radius 3 is 2.67 bits per heavy atom. The van der Waals surface area contributed by atoms with E-state index in [1.807, 2.05) is 24.4 Å². The van der Waals surface area contributed by atoms with Crippen LogP contribution in [0, 0.1) is 5.82 Å². The summed E-state index contributed by atoms with van der Waals surface area (Å²) in [7, 11) is 0. The fourth-order valence-corrected chi connectivity index (χ4v) is 3.16. The van der Waals surface area contributed by atoms with Crippen molar-refractivity contribution < 1.29 is 4.39 Å². The van der Waals surface area contributed by atoms with Gasteiger partial charge in [-0.05, 0) is 61.4 Å². The van der Waals surface area contributed by atoms with Gasteiger partial charge < -0.3 is 4.90 Å². The van der Waals surface area contributed by atoms with Crippen molar-refractivity contribution in [2.75, 3.05) is 11.4 Å². The van der Waals surface area contributed by atoms with Crippen molar-refractivity contribution in [2.24, 2.45) is 0 Å². The molecule has 3 heterocycles. The molecule has 4 rings (SSSR count). The summed E-state index contributed by atoms with van der Waals surface area (Å²) in [5.41, 5.74) is 5.19. The molecule has 0 unspecified atom stereocenters. The Morgan fingerprint density at radius 2 is 1.88 bits per heavy atom. The maximum atomic E-state index is 13.1. The third-order valence-corrected chi connectivity index (χ3v) is 4.35. The van der Waals surface area contributed by atoms with Crippen molar-refractivity contribution in [2.45, 2.75) is 19.4 Å². The van der Waals surface area contributed by atoms with E-state index < -0.39 is 0 Å². The van der Waals surface area contributed by atoms with E-state index >= 15 is 0 Å². The summed E-state index contributed by atoms with van der Waals surface area (Å²) in [5, 5.41) is 0. The smallest absolute Gasteiger partial charge is 0.123 e. The summed E-state index contributed by atoms with van der Waals surface area (Å²) in [6, 6.07) is 16.7. The summed E-state index contributed by atoms with van der Waals surface area (Å²) >= 11 is 0. The van der Waals surface area contributed by atoms with E-state index in [0.717, 1.165) is 48.6 Å². The second kappa shape index (κ2) is 6.40. The van der Waals surface area contributed by atoms with E-state index in [4.69, 9.17) is 4.98 Å². The molecule has 2 aromatic heterocycles. The molecule has 1 aliphatic heterocycles. The number of aromatic nitrogens is 2. The molecule has 120 valence electrons. The number of nitrogens with zero attached hydrogens (tertiary/aromatic N) is 3. The molecule has 0 spiro atoms. The zero-order valence-electron chi connectivity index (χ0n) is 13.3. The zero-order chi connectivity index (χ0) is 16.4. The summed E-state index contributed by atoms with van der Waals surface area (Å²) in [6.45, 7) is 1.81. The standard InChI is InChI=1S/C20H18FN3/c21-16-8-6-15(7-9-16)18-10-11-20-19(23-18)5-3-13-24(20)14-17-4-1-2-12-22-17/h1-2,4,6-12H,3,5,13-14H2. The fourth-order valence-electron chi connectivity index (χ4n) is 3.16. The number of halogens is 1. The first kappa shape index (κ1) is 14.8. The minimum atomic E-state index is -0.224. The average molecular weight is 319 g/mol. The second-order valence-electron chi connectivity index (χ2n) is 6.02. The number of benzene rings is 1. The van der Waals surface area contributed by atoms with E-state index in [1.54, 1.807) is 12.1 Å². The lowest BCUT2D eigenvalue weighted by Crippen LogP contribution is -2.29. The number of aryl methyl sites for hydroxylation is 1. The largest absolute Gasteiger partial charge is 0.364 e. The highest BCUT2D eigenvalue weighted by atomic mass is 19.1. The Balaban J connectivity index is 1.63. The fraction of sp³-hybridized carbons (Fsp3) is 0.200. The van der Waals surface area contributed by atoms with Gasteiger partial charge in [0.2, 0.25) is 0 Å². The predicted molar refractivity (Wildman–Crippen MR) is 93.2 cm³/mol. The third-order valence-electron chi connectivity index (χ3n) is 4.35. The van der Waals surface area contributed by atoms with E-state index in [-0.39, 0.29) is 5.82 Å². The highest BCUT2D eigenvalue weighted by Crippen LogP contribution is 2.29. The van der Waals surface area contributed by atoms with Crippen molar-refractivity contribution in [3.63, 3.8) is 0 Å². The first-order chi connectivity index (χ1) is 11.8. The molecular weight excluding hydrogens is 301 g/mol. The van der Waals surface area contributed by atoms with Crippen LogP contribution < -0.4 is 4.90 Å². The van der Waals surface area contributed by atoms with E-state index in [9.17, 15) is 4.39 Å². The van der Waals surface area contributed by atoms with Crippen molar-refractivity contribution in [1.82, 2.24) is 9.97 Å². The predicted octanol–water partition coefficient (Wildman–Crippen LogP) is 4.24. The molecule has 0 fully saturated rings. The summed E-state index contributed by atoms with van der Waals surface area (Å²) in [5.74, 6) is -0.224. The van der Waals surface area contributed by atoms with Crippen LogP contribution in [0.25, 0.3) is 11.3 Å². The maximum absolute atomic E-state index is 13.1. The van der Waals surface area contributed by atoms with Crippen LogP contribution in [0.4, 0.5) is 10.1 Å². The van der Waals surface area contributed by atoms with Crippen molar-refractivity contribution >= 4 is 5.69 Å². The number of fused-ring (bicyclic) bond motifs is 1. The third kappa shape index (κ3) is 3.00. The van der Waals surface area contributed by atoms with Gasteiger partial charge in [-0.2, -0.15) is 0 Å². The molecule has 0 radical (unpaired) electrons. The highest BCUT2D eigenvalue weighted by molar-refractivity contribution is 5.64. The van der Waals surface area contributed by atoms with Crippen LogP contribution in [0.1, 0.15) is 17.8 Å². The average Bonchev–Trinajstić information content (AvgIpc) is 2.63. The van der Waals surface area contributed by atoms with Crippen molar-refractivity contribution in [3.05, 3.63) is 78.0 Å². The molecule has 0 saturated heterocycles. The van der Waals surface area contributed by atoms with Crippen LogP contribution in [0.2, 0.25) is 0 Å². The van der Waals surface area contributed by atoms with Crippen molar-refractivity contribution in [1.29, 1.82) is 0 Å². The van der Waals surface area contributed by atoms with Gasteiger partial charge >= 0.3 is 0 Å². The Bertz CT molecular complexity index is 831. The Kier molecular flexibility index (Phi) is 3.95. The Hall–Kier alpha value is -2.75. The van der Waals surface area contributed by atoms with Gasteiger partial charge in [-0.15, -0.1) is 0 Å². The molecule has 4 heteroatoms. The number of hydrogen-bond acceptors (Lipinski definition) is 3. The second-order valence-corrected chi connectivity index (χ2v) is 6.02. The van der Waals surface area contributed by atoms with Gasteiger partial charge in [0.15, 0.2) is 0 Å². The van der Waals surface area contributed by atoms with Crippen LogP contribution in [0.3, 0.4) is 0 Å². The van der Waals surface area contributed by atoms with Gasteiger partial charge in [-0.3, -0.25) is 9.97 Å². The lowest BCUT2D eigenvalue weighted by Gasteiger charge is -2.30. The van der Waals surface area contributed by atoms with Gasteiger partial charge in [-0.1, -0.05) is 6.07 Å². The Morgan fingerprint density at radius 1 is 1.00 bits per heavy atom. The van der Waals surface area contributed by atoms with Gasteiger partial charge in [0.25, 0.3) is 0 Å². The topological polar surface area (TPSA) is 29.0 Å². The summed E-state index contributed by atoms with van der Waals surface area (Å²) < 4.78 is 13.1. The van der Waals surface area contributed by atoms with Crippen LogP contribution in [-0.2, 0) is 13.0 Å². The van der Waals surface area contributed by atoms with Gasteiger partial charge in [0.1, 0.15) is 5.82 Å². The highest BCUT2D eigenvalue weighted by Gasteiger charge is 2.19. The number of anilines is 1. The number of rotatable bonds is 3.